The van der Waals surface area contributed by atoms with Crippen LogP contribution in [0.4, 0.5) is 4.39 Å². The summed E-state index contributed by atoms with van der Waals surface area (Å²) >= 11 is 0. The Hall–Kier alpha value is -2.61. The lowest BCUT2D eigenvalue weighted by atomic mass is 10.0. The van der Waals surface area contributed by atoms with Gasteiger partial charge in [-0.25, -0.2) is 8.42 Å². The zero-order chi connectivity index (χ0) is 19.3. The molecule has 1 fully saturated rings. The Labute approximate surface area is 155 Å². The second-order valence-corrected chi connectivity index (χ2v) is 8.95. The second-order valence-electron chi connectivity index (χ2n) is 6.94. The molecule has 0 radical (unpaired) electrons. The lowest BCUT2D eigenvalue weighted by Crippen LogP contribution is -2.16. The van der Waals surface area contributed by atoms with Gasteiger partial charge in [0.25, 0.3) is 11.6 Å². The summed E-state index contributed by atoms with van der Waals surface area (Å²) in [5.74, 6) is 0.958. The second kappa shape index (κ2) is 6.23. The molecule has 142 valence electrons. The monoisotopic (exact) mass is 391 g/mol. The molecule has 1 saturated carbocycles. The molecular weight excluding hydrogens is 373 g/mol. The summed E-state index contributed by atoms with van der Waals surface area (Å²) in [5.41, 5.74) is 0.500. The Balaban J connectivity index is 1.97. The van der Waals surface area contributed by atoms with Crippen LogP contribution >= 0.6 is 0 Å². The smallest absolute Gasteiger partial charge is 0.279 e. The molecular formula is C19H18FNO5S. The van der Waals surface area contributed by atoms with E-state index in [1.54, 1.807) is 13.1 Å². The molecule has 0 atom stereocenters. The topological polar surface area (TPSA) is 78.5 Å². The van der Waals surface area contributed by atoms with E-state index < -0.39 is 21.4 Å². The molecule has 1 aromatic carbocycles. The van der Waals surface area contributed by atoms with Crippen molar-refractivity contribution in [3.8, 4) is 16.9 Å². The van der Waals surface area contributed by atoms with Crippen molar-refractivity contribution in [2.45, 2.75) is 17.7 Å². The Kier molecular flexibility index (Phi) is 4.10. The van der Waals surface area contributed by atoms with Crippen molar-refractivity contribution in [3.63, 3.8) is 0 Å². The van der Waals surface area contributed by atoms with Gasteiger partial charge in [0.1, 0.15) is 5.75 Å². The molecule has 8 heteroatoms. The van der Waals surface area contributed by atoms with E-state index in [9.17, 15) is 17.6 Å². The predicted molar refractivity (Wildman–Crippen MR) is 98.2 cm³/mol. The maximum Gasteiger partial charge on any atom is 0.279 e. The van der Waals surface area contributed by atoms with Gasteiger partial charge in [0.05, 0.1) is 16.9 Å². The molecule has 0 bridgehead atoms. The Morgan fingerprint density at radius 3 is 2.67 bits per heavy atom. The number of nitrogens with zero attached hydrogens (tertiary/aromatic N) is 1. The molecule has 2 heterocycles. The molecule has 0 N–H and O–H groups in total. The van der Waals surface area contributed by atoms with E-state index in [0.717, 1.165) is 25.2 Å². The SMILES string of the molecule is Cn1cc(-c2cc(S(C)(=O)=O)ccc2OCC2CC2)c2oc(F)cc2c1=O. The highest BCUT2D eigenvalue weighted by Gasteiger charge is 2.24. The van der Waals surface area contributed by atoms with Crippen LogP contribution in [0.1, 0.15) is 12.8 Å². The molecule has 0 spiro atoms. The lowest BCUT2D eigenvalue weighted by molar-refractivity contribution is 0.300. The predicted octanol–water partition coefficient (Wildman–Crippen LogP) is 3.13. The Bertz CT molecular complexity index is 1200. The summed E-state index contributed by atoms with van der Waals surface area (Å²) in [5, 5.41) is 0.0883. The number of benzene rings is 1. The number of hydrogen-bond acceptors (Lipinski definition) is 5. The number of hydrogen-bond donors (Lipinski definition) is 0. The van der Waals surface area contributed by atoms with Crippen LogP contribution in [0.15, 0.2) is 44.6 Å². The van der Waals surface area contributed by atoms with E-state index in [-0.39, 0.29) is 15.9 Å². The van der Waals surface area contributed by atoms with Crippen LogP contribution in [0.2, 0.25) is 0 Å². The first-order chi connectivity index (χ1) is 12.7. The third-order valence-electron chi connectivity index (χ3n) is 4.66. The van der Waals surface area contributed by atoms with E-state index >= 15 is 0 Å². The van der Waals surface area contributed by atoms with Gasteiger partial charge >= 0.3 is 0 Å². The van der Waals surface area contributed by atoms with Crippen molar-refractivity contribution < 1.29 is 22.0 Å². The summed E-state index contributed by atoms with van der Waals surface area (Å²) < 4.78 is 50.1. The first kappa shape index (κ1) is 17.8. The van der Waals surface area contributed by atoms with Crippen LogP contribution in [0.25, 0.3) is 22.1 Å². The number of sulfone groups is 1. The first-order valence-corrected chi connectivity index (χ1v) is 10.4. The minimum absolute atomic E-state index is 0.0672. The van der Waals surface area contributed by atoms with Gasteiger partial charge in [-0.15, -0.1) is 0 Å². The molecule has 6 nitrogen and oxygen atoms in total. The van der Waals surface area contributed by atoms with E-state index in [1.807, 2.05) is 0 Å². The van der Waals surface area contributed by atoms with Crippen molar-refractivity contribution in [2.24, 2.45) is 13.0 Å². The molecule has 0 aliphatic heterocycles. The number of pyridine rings is 1. The molecule has 1 aliphatic carbocycles. The van der Waals surface area contributed by atoms with Gasteiger partial charge in [0.15, 0.2) is 15.4 Å². The first-order valence-electron chi connectivity index (χ1n) is 8.50. The molecule has 2 aromatic heterocycles. The molecule has 0 saturated heterocycles. The normalized spacial score (nSPS) is 14.6. The number of aryl methyl sites for hydroxylation is 1. The summed E-state index contributed by atoms with van der Waals surface area (Å²) in [6, 6.07) is 4.69. The quantitative estimate of drug-likeness (QED) is 0.668. The minimum atomic E-state index is -3.46. The van der Waals surface area contributed by atoms with Crippen molar-refractivity contribution in [1.82, 2.24) is 4.57 Å². The zero-order valence-electron chi connectivity index (χ0n) is 14.9. The average Bonchev–Trinajstić information content (AvgIpc) is 3.35. The zero-order valence-corrected chi connectivity index (χ0v) is 15.7. The number of fused-ring (bicyclic) bond motifs is 1. The largest absolute Gasteiger partial charge is 0.493 e. The van der Waals surface area contributed by atoms with E-state index in [4.69, 9.17) is 9.15 Å². The van der Waals surface area contributed by atoms with E-state index in [0.29, 0.717) is 29.4 Å². The molecule has 3 aromatic rings. The maximum atomic E-state index is 13.7. The Morgan fingerprint density at radius 1 is 1.26 bits per heavy atom. The molecule has 4 rings (SSSR count). The summed E-state index contributed by atoms with van der Waals surface area (Å²) in [4.78, 5) is 12.4. The Morgan fingerprint density at radius 2 is 2.00 bits per heavy atom. The standard InChI is InChI=1S/C19H18FNO5S/c1-21-9-15(18-14(19(21)22)8-17(20)26-18)13-7-12(27(2,23)24)5-6-16(13)25-10-11-3-4-11/h5-9,11H,3-4,10H2,1-2H3. The lowest BCUT2D eigenvalue weighted by Gasteiger charge is -2.14. The average molecular weight is 391 g/mol. The van der Waals surface area contributed by atoms with Crippen LogP contribution < -0.4 is 10.3 Å². The number of halogens is 1. The maximum absolute atomic E-state index is 13.7. The third kappa shape index (κ3) is 3.37. The highest BCUT2D eigenvalue weighted by atomic mass is 32.2. The number of rotatable bonds is 5. The summed E-state index contributed by atoms with van der Waals surface area (Å²) in [7, 11) is -1.92. The number of furan rings is 1. The molecule has 27 heavy (non-hydrogen) atoms. The van der Waals surface area contributed by atoms with E-state index in [1.165, 1.54) is 22.9 Å². The van der Waals surface area contributed by atoms with Gasteiger partial charge in [-0.3, -0.25) is 4.79 Å². The molecule has 0 unspecified atom stereocenters. The van der Waals surface area contributed by atoms with Crippen LogP contribution in [0.3, 0.4) is 0 Å². The van der Waals surface area contributed by atoms with Crippen LogP contribution in [0.5, 0.6) is 5.75 Å². The highest BCUT2D eigenvalue weighted by molar-refractivity contribution is 7.90. The third-order valence-corrected chi connectivity index (χ3v) is 5.77. The van der Waals surface area contributed by atoms with Gasteiger partial charge in [0.2, 0.25) is 0 Å². The minimum Gasteiger partial charge on any atom is -0.493 e. The molecule has 0 amide bonds. The number of aromatic nitrogens is 1. The fourth-order valence-electron chi connectivity index (χ4n) is 2.98. The summed E-state index contributed by atoms with van der Waals surface area (Å²) in [6.07, 6.45) is 4.81. The fourth-order valence-corrected chi connectivity index (χ4v) is 3.63. The van der Waals surface area contributed by atoms with Gasteiger partial charge in [-0.05, 0) is 37.0 Å². The van der Waals surface area contributed by atoms with Crippen LogP contribution in [-0.4, -0.2) is 25.8 Å². The van der Waals surface area contributed by atoms with Gasteiger partial charge in [0, 0.05) is 36.7 Å². The van der Waals surface area contributed by atoms with E-state index in [2.05, 4.69) is 0 Å². The number of ether oxygens (including phenoxy) is 1. The van der Waals surface area contributed by atoms with Gasteiger partial charge in [-0.1, -0.05) is 0 Å². The fraction of sp³-hybridized carbons (Fsp3) is 0.316. The van der Waals surface area contributed by atoms with Crippen molar-refractivity contribution >= 4 is 20.8 Å². The highest BCUT2D eigenvalue weighted by Crippen LogP contribution is 2.38. The van der Waals surface area contributed by atoms with Crippen LogP contribution in [0, 0.1) is 11.9 Å². The summed E-state index contributed by atoms with van der Waals surface area (Å²) in [6.45, 7) is 0.520. The van der Waals surface area contributed by atoms with Crippen molar-refractivity contribution in [1.29, 1.82) is 0 Å². The van der Waals surface area contributed by atoms with Crippen molar-refractivity contribution in [3.05, 3.63) is 46.8 Å². The van der Waals surface area contributed by atoms with Crippen LogP contribution in [-0.2, 0) is 16.9 Å². The van der Waals surface area contributed by atoms with Gasteiger partial charge < -0.3 is 13.7 Å². The molecule has 1 aliphatic rings. The van der Waals surface area contributed by atoms with Crippen molar-refractivity contribution in [2.75, 3.05) is 12.9 Å². The van der Waals surface area contributed by atoms with Gasteiger partial charge in [-0.2, -0.15) is 4.39 Å².